The van der Waals surface area contributed by atoms with Gasteiger partial charge in [-0.25, -0.2) is 4.98 Å². The standard InChI is InChI=1S/C28H25N3O2/c32-24-13-7-12-23-27(24)22(16-19-8-3-1-4-9-19)28(30-23)21-14-15-29-25(18-21)31-26(33)17-20-10-5-2-6-11-20/h1-6,8-11,14-15,18,30H,7,12-13,16-17H2,(H,29,31,33). The van der Waals surface area contributed by atoms with Crippen molar-refractivity contribution in [3.8, 4) is 11.3 Å². The first-order chi connectivity index (χ1) is 16.2. The van der Waals surface area contributed by atoms with Gasteiger partial charge in [-0.05, 0) is 41.7 Å². The number of fused-ring (bicyclic) bond motifs is 1. The van der Waals surface area contributed by atoms with Crippen molar-refractivity contribution in [2.45, 2.75) is 32.1 Å². The Bertz CT molecular complexity index is 1290. The average Bonchev–Trinajstić information content (AvgIpc) is 3.20. The van der Waals surface area contributed by atoms with Gasteiger partial charge in [-0.3, -0.25) is 9.59 Å². The summed E-state index contributed by atoms with van der Waals surface area (Å²) in [6.07, 6.45) is 4.98. The third-order valence-corrected chi connectivity index (χ3v) is 6.04. The Balaban J connectivity index is 1.46. The molecule has 5 heteroatoms. The number of hydrogen-bond acceptors (Lipinski definition) is 3. The number of Topliss-reactive ketones (excluding diaryl/α,β-unsaturated/α-hetero) is 1. The van der Waals surface area contributed by atoms with Crippen LogP contribution in [0.1, 0.15) is 45.6 Å². The van der Waals surface area contributed by atoms with Crippen molar-refractivity contribution in [1.82, 2.24) is 9.97 Å². The number of H-pyrrole nitrogens is 1. The highest BCUT2D eigenvalue weighted by Gasteiger charge is 2.26. The van der Waals surface area contributed by atoms with Crippen LogP contribution in [0.25, 0.3) is 11.3 Å². The van der Waals surface area contributed by atoms with Crippen molar-refractivity contribution in [3.63, 3.8) is 0 Å². The van der Waals surface area contributed by atoms with E-state index >= 15 is 0 Å². The van der Waals surface area contributed by atoms with E-state index in [1.807, 2.05) is 60.7 Å². The van der Waals surface area contributed by atoms with Gasteiger partial charge in [-0.2, -0.15) is 0 Å². The van der Waals surface area contributed by atoms with Gasteiger partial charge in [0.25, 0.3) is 0 Å². The van der Waals surface area contributed by atoms with Crippen LogP contribution in [0.5, 0.6) is 0 Å². The molecule has 1 amide bonds. The number of benzene rings is 2. The van der Waals surface area contributed by atoms with E-state index < -0.39 is 0 Å². The number of aryl methyl sites for hydroxylation is 1. The third kappa shape index (κ3) is 4.62. The zero-order chi connectivity index (χ0) is 22.6. The van der Waals surface area contributed by atoms with E-state index in [2.05, 4.69) is 27.4 Å². The molecule has 0 bridgehead atoms. The lowest BCUT2D eigenvalue weighted by atomic mass is 9.90. The van der Waals surface area contributed by atoms with Gasteiger partial charge in [0.05, 0.1) is 12.1 Å². The van der Waals surface area contributed by atoms with Crippen LogP contribution >= 0.6 is 0 Å². The van der Waals surface area contributed by atoms with Crippen LogP contribution in [0, 0.1) is 0 Å². The normalized spacial score (nSPS) is 12.9. The van der Waals surface area contributed by atoms with Crippen molar-refractivity contribution in [3.05, 3.63) is 107 Å². The predicted molar refractivity (Wildman–Crippen MR) is 129 cm³/mol. The Morgan fingerprint density at radius 2 is 1.67 bits per heavy atom. The van der Waals surface area contributed by atoms with Crippen LogP contribution in [0.3, 0.4) is 0 Å². The predicted octanol–water partition coefficient (Wildman–Crippen LogP) is 5.37. The Morgan fingerprint density at radius 1 is 0.939 bits per heavy atom. The summed E-state index contributed by atoms with van der Waals surface area (Å²) >= 11 is 0. The van der Waals surface area contributed by atoms with Gasteiger partial charge >= 0.3 is 0 Å². The first kappa shape index (κ1) is 20.9. The van der Waals surface area contributed by atoms with E-state index in [0.717, 1.165) is 52.0 Å². The first-order valence-corrected chi connectivity index (χ1v) is 11.3. The molecule has 0 aliphatic heterocycles. The van der Waals surface area contributed by atoms with E-state index in [4.69, 9.17) is 0 Å². The lowest BCUT2D eigenvalue weighted by molar-refractivity contribution is -0.115. The fourth-order valence-corrected chi connectivity index (χ4v) is 4.52. The topological polar surface area (TPSA) is 74.8 Å². The molecule has 2 aromatic carbocycles. The SMILES string of the molecule is O=C(Cc1ccccc1)Nc1cc(-c2[nH]c3c(c2Cc2ccccc2)C(=O)CCC3)ccn1. The fraction of sp³-hybridized carbons (Fsp3) is 0.179. The zero-order valence-corrected chi connectivity index (χ0v) is 18.3. The van der Waals surface area contributed by atoms with Gasteiger partial charge in [-0.1, -0.05) is 60.7 Å². The molecule has 2 aromatic heterocycles. The fourth-order valence-electron chi connectivity index (χ4n) is 4.52. The minimum Gasteiger partial charge on any atom is -0.358 e. The lowest BCUT2D eigenvalue weighted by Gasteiger charge is -2.12. The molecular weight excluding hydrogens is 410 g/mol. The van der Waals surface area contributed by atoms with Crippen LogP contribution in [-0.4, -0.2) is 21.7 Å². The minimum absolute atomic E-state index is 0.115. The number of nitrogens with zero attached hydrogens (tertiary/aromatic N) is 1. The highest BCUT2D eigenvalue weighted by molar-refractivity contribution is 6.01. The smallest absolute Gasteiger partial charge is 0.229 e. The van der Waals surface area contributed by atoms with Crippen LogP contribution < -0.4 is 5.32 Å². The molecule has 164 valence electrons. The Labute approximate surface area is 192 Å². The summed E-state index contributed by atoms with van der Waals surface area (Å²) in [5.41, 5.74) is 6.82. The maximum absolute atomic E-state index is 12.8. The maximum Gasteiger partial charge on any atom is 0.229 e. The van der Waals surface area contributed by atoms with Crippen molar-refractivity contribution in [2.24, 2.45) is 0 Å². The number of amides is 1. The van der Waals surface area contributed by atoms with Gasteiger partial charge in [0, 0.05) is 35.9 Å². The second-order valence-electron chi connectivity index (χ2n) is 8.41. The van der Waals surface area contributed by atoms with Gasteiger partial charge in [0.2, 0.25) is 5.91 Å². The highest BCUT2D eigenvalue weighted by Crippen LogP contribution is 2.35. The molecule has 0 atom stereocenters. The molecule has 2 heterocycles. The Kier molecular flexibility index (Phi) is 5.85. The summed E-state index contributed by atoms with van der Waals surface area (Å²) in [7, 11) is 0. The summed E-state index contributed by atoms with van der Waals surface area (Å²) in [4.78, 5) is 33.2. The number of ketones is 1. The summed E-state index contributed by atoms with van der Waals surface area (Å²) in [6.45, 7) is 0. The van der Waals surface area contributed by atoms with Crippen LogP contribution in [0.15, 0.2) is 79.0 Å². The monoisotopic (exact) mass is 435 g/mol. The van der Waals surface area contributed by atoms with Crippen molar-refractivity contribution in [1.29, 1.82) is 0 Å². The molecule has 0 spiro atoms. The molecule has 33 heavy (non-hydrogen) atoms. The highest BCUT2D eigenvalue weighted by atomic mass is 16.1. The van der Waals surface area contributed by atoms with Gasteiger partial charge in [0.15, 0.2) is 5.78 Å². The van der Waals surface area contributed by atoms with Crippen molar-refractivity contribution >= 4 is 17.5 Å². The second-order valence-corrected chi connectivity index (χ2v) is 8.41. The molecule has 2 N–H and O–H groups in total. The van der Waals surface area contributed by atoms with Crippen LogP contribution in [0.2, 0.25) is 0 Å². The van der Waals surface area contributed by atoms with Crippen LogP contribution in [-0.2, 0) is 24.1 Å². The molecule has 5 rings (SSSR count). The lowest BCUT2D eigenvalue weighted by Crippen LogP contribution is -2.15. The molecule has 0 fully saturated rings. The third-order valence-electron chi connectivity index (χ3n) is 6.04. The molecule has 5 nitrogen and oxygen atoms in total. The minimum atomic E-state index is -0.115. The molecule has 0 unspecified atom stereocenters. The van der Waals surface area contributed by atoms with E-state index in [0.29, 0.717) is 18.7 Å². The molecular formula is C28H25N3O2. The number of aromatic nitrogens is 2. The largest absolute Gasteiger partial charge is 0.358 e. The summed E-state index contributed by atoms with van der Waals surface area (Å²) in [5, 5.41) is 2.91. The maximum atomic E-state index is 12.8. The molecule has 0 saturated carbocycles. The van der Waals surface area contributed by atoms with E-state index in [1.54, 1.807) is 6.20 Å². The number of aromatic amines is 1. The number of carbonyl (C=O) groups excluding carboxylic acids is 2. The van der Waals surface area contributed by atoms with E-state index in [-0.39, 0.29) is 18.1 Å². The molecule has 1 aliphatic carbocycles. The number of hydrogen-bond donors (Lipinski definition) is 2. The number of nitrogens with one attached hydrogen (secondary N) is 2. The number of pyridine rings is 1. The average molecular weight is 436 g/mol. The number of anilines is 1. The quantitative estimate of drug-likeness (QED) is 0.428. The van der Waals surface area contributed by atoms with Gasteiger partial charge in [-0.15, -0.1) is 0 Å². The number of rotatable bonds is 6. The van der Waals surface area contributed by atoms with Gasteiger partial charge in [0.1, 0.15) is 5.82 Å². The summed E-state index contributed by atoms with van der Waals surface area (Å²) in [6, 6.07) is 23.6. The molecule has 1 aliphatic rings. The van der Waals surface area contributed by atoms with E-state index in [1.165, 1.54) is 0 Å². The van der Waals surface area contributed by atoms with Crippen molar-refractivity contribution in [2.75, 3.05) is 5.32 Å². The molecule has 0 radical (unpaired) electrons. The zero-order valence-electron chi connectivity index (χ0n) is 18.3. The molecule has 0 saturated heterocycles. The van der Waals surface area contributed by atoms with E-state index in [9.17, 15) is 9.59 Å². The number of carbonyl (C=O) groups is 2. The first-order valence-electron chi connectivity index (χ1n) is 11.3. The Hall–Kier alpha value is -3.99. The Morgan fingerprint density at radius 3 is 2.42 bits per heavy atom. The summed E-state index contributed by atoms with van der Waals surface area (Å²) < 4.78 is 0. The molecule has 4 aromatic rings. The summed E-state index contributed by atoms with van der Waals surface area (Å²) in [5.74, 6) is 0.587. The van der Waals surface area contributed by atoms with Gasteiger partial charge < -0.3 is 10.3 Å². The second kappa shape index (κ2) is 9.25. The van der Waals surface area contributed by atoms with Crippen LogP contribution in [0.4, 0.5) is 5.82 Å². The van der Waals surface area contributed by atoms with Crippen molar-refractivity contribution < 1.29 is 9.59 Å².